The predicted octanol–water partition coefficient (Wildman–Crippen LogP) is 3.67. The zero-order valence-corrected chi connectivity index (χ0v) is 9.88. The van der Waals surface area contributed by atoms with Gasteiger partial charge in [-0.1, -0.05) is 25.0 Å². The summed E-state index contributed by atoms with van der Waals surface area (Å²) in [5.74, 6) is 0.689. The van der Waals surface area contributed by atoms with Crippen LogP contribution in [0.25, 0.3) is 0 Å². The van der Waals surface area contributed by atoms with Crippen molar-refractivity contribution in [1.82, 2.24) is 5.32 Å². The lowest BCUT2D eigenvalue weighted by molar-refractivity contribution is 0.452. The van der Waals surface area contributed by atoms with Gasteiger partial charge in [0.05, 0.1) is 0 Å². The lowest BCUT2D eigenvalue weighted by Crippen LogP contribution is -2.24. The van der Waals surface area contributed by atoms with Gasteiger partial charge in [-0.3, -0.25) is 0 Å². The first kappa shape index (κ1) is 11.6. The summed E-state index contributed by atoms with van der Waals surface area (Å²) in [5, 5.41) is 3.54. The molecular formula is C14H20FN. The van der Waals surface area contributed by atoms with Gasteiger partial charge in [0.25, 0.3) is 0 Å². The molecule has 88 valence electrons. The van der Waals surface area contributed by atoms with Gasteiger partial charge in [-0.2, -0.15) is 0 Å². The zero-order chi connectivity index (χ0) is 11.4. The Labute approximate surface area is 97.1 Å². The lowest BCUT2D eigenvalue weighted by atomic mass is 10.1. The van der Waals surface area contributed by atoms with Crippen molar-refractivity contribution < 1.29 is 4.39 Å². The molecule has 0 saturated heterocycles. The molecule has 2 heteroatoms. The molecule has 0 aromatic heterocycles. The van der Waals surface area contributed by atoms with Crippen LogP contribution < -0.4 is 5.32 Å². The SMILES string of the molecule is C[C@H](NCC1CCCC1)c1ccc(F)cc1. The molecule has 1 fully saturated rings. The van der Waals surface area contributed by atoms with Gasteiger partial charge in [0.2, 0.25) is 0 Å². The second-order valence-corrected chi connectivity index (χ2v) is 4.83. The normalized spacial score (nSPS) is 18.9. The van der Waals surface area contributed by atoms with Crippen LogP contribution in [-0.4, -0.2) is 6.54 Å². The molecular weight excluding hydrogens is 201 g/mol. The highest BCUT2D eigenvalue weighted by molar-refractivity contribution is 5.19. The molecule has 0 bridgehead atoms. The molecule has 1 N–H and O–H groups in total. The lowest BCUT2D eigenvalue weighted by Gasteiger charge is -2.17. The van der Waals surface area contributed by atoms with Crippen molar-refractivity contribution in [2.45, 2.75) is 38.6 Å². The fraction of sp³-hybridized carbons (Fsp3) is 0.571. The van der Waals surface area contributed by atoms with Crippen LogP contribution in [0.2, 0.25) is 0 Å². The summed E-state index contributed by atoms with van der Waals surface area (Å²) in [6.07, 6.45) is 5.50. The predicted molar refractivity (Wildman–Crippen MR) is 64.8 cm³/mol. The molecule has 0 unspecified atom stereocenters. The van der Waals surface area contributed by atoms with Crippen LogP contribution in [0.15, 0.2) is 24.3 Å². The van der Waals surface area contributed by atoms with E-state index in [1.807, 2.05) is 12.1 Å². The Morgan fingerprint density at radius 2 is 1.88 bits per heavy atom. The van der Waals surface area contributed by atoms with E-state index in [2.05, 4.69) is 12.2 Å². The van der Waals surface area contributed by atoms with Gasteiger partial charge in [-0.15, -0.1) is 0 Å². The van der Waals surface area contributed by atoms with E-state index in [1.54, 1.807) is 0 Å². The first-order valence-corrected chi connectivity index (χ1v) is 6.24. The van der Waals surface area contributed by atoms with Crippen molar-refractivity contribution in [3.8, 4) is 0 Å². The van der Waals surface area contributed by atoms with E-state index < -0.39 is 0 Å². The Balaban J connectivity index is 1.82. The monoisotopic (exact) mass is 221 g/mol. The van der Waals surface area contributed by atoms with E-state index in [-0.39, 0.29) is 5.82 Å². The third kappa shape index (κ3) is 3.05. The highest BCUT2D eigenvalue weighted by Gasteiger charge is 2.15. The molecule has 1 saturated carbocycles. The van der Waals surface area contributed by atoms with E-state index in [0.717, 1.165) is 12.5 Å². The number of halogens is 1. The molecule has 0 spiro atoms. The van der Waals surface area contributed by atoms with Crippen LogP contribution in [0.4, 0.5) is 4.39 Å². The second-order valence-electron chi connectivity index (χ2n) is 4.83. The second kappa shape index (κ2) is 5.44. The summed E-state index contributed by atoms with van der Waals surface area (Å²) < 4.78 is 12.8. The van der Waals surface area contributed by atoms with Gasteiger partial charge in [-0.05, 0) is 49.9 Å². The first-order valence-electron chi connectivity index (χ1n) is 6.24. The van der Waals surface area contributed by atoms with Crippen LogP contribution in [-0.2, 0) is 0 Å². The average Bonchev–Trinajstić information content (AvgIpc) is 2.80. The fourth-order valence-corrected chi connectivity index (χ4v) is 2.43. The topological polar surface area (TPSA) is 12.0 Å². The van der Waals surface area contributed by atoms with Crippen LogP contribution >= 0.6 is 0 Å². The van der Waals surface area contributed by atoms with Crippen molar-refractivity contribution in [1.29, 1.82) is 0 Å². The first-order chi connectivity index (χ1) is 7.75. The standard InChI is InChI=1S/C14H20FN/c1-11(13-6-8-14(15)9-7-13)16-10-12-4-2-3-5-12/h6-9,11-12,16H,2-5,10H2,1H3/t11-/m0/s1. The molecule has 1 aromatic rings. The minimum absolute atomic E-state index is 0.160. The summed E-state index contributed by atoms with van der Waals surface area (Å²) in [6, 6.07) is 7.11. The van der Waals surface area contributed by atoms with E-state index >= 15 is 0 Å². The summed E-state index contributed by atoms with van der Waals surface area (Å²) in [4.78, 5) is 0. The Morgan fingerprint density at radius 1 is 1.25 bits per heavy atom. The molecule has 0 aliphatic heterocycles. The molecule has 0 radical (unpaired) electrons. The smallest absolute Gasteiger partial charge is 0.123 e. The van der Waals surface area contributed by atoms with Gasteiger partial charge in [-0.25, -0.2) is 4.39 Å². The number of benzene rings is 1. The molecule has 0 heterocycles. The summed E-state index contributed by atoms with van der Waals surface area (Å²) in [5.41, 5.74) is 1.17. The highest BCUT2D eigenvalue weighted by Crippen LogP contribution is 2.24. The summed E-state index contributed by atoms with van der Waals surface area (Å²) >= 11 is 0. The number of hydrogen-bond donors (Lipinski definition) is 1. The van der Waals surface area contributed by atoms with E-state index in [4.69, 9.17) is 0 Å². The van der Waals surface area contributed by atoms with E-state index in [1.165, 1.54) is 43.4 Å². The van der Waals surface area contributed by atoms with Gasteiger partial charge in [0, 0.05) is 6.04 Å². The summed E-state index contributed by atoms with van der Waals surface area (Å²) in [6.45, 7) is 3.24. The van der Waals surface area contributed by atoms with Crippen molar-refractivity contribution >= 4 is 0 Å². The summed E-state index contributed by atoms with van der Waals surface area (Å²) in [7, 11) is 0. The Bertz CT molecular complexity index is 314. The maximum absolute atomic E-state index is 12.8. The fourth-order valence-electron chi connectivity index (χ4n) is 2.43. The Morgan fingerprint density at radius 3 is 2.50 bits per heavy atom. The number of rotatable bonds is 4. The quantitative estimate of drug-likeness (QED) is 0.818. The highest BCUT2D eigenvalue weighted by atomic mass is 19.1. The third-order valence-electron chi connectivity index (χ3n) is 3.56. The van der Waals surface area contributed by atoms with E-state index in [9.17, 15) is 4.39 Å². The number of hydrogen-bond acceptors (Lipinski definition) is 1. The molecule has 1 atom stereocenters. The molecule has 2 rings (SSSR count). The molecule has 0 amide bonds. The Hall–Kier alpha value is -0.890. The van der Waals surface area contributed by atoms with Crippen LogP contribution in [0, 0.1) is 11.7 Å². The largest absolute Gasteiger partial charge is 0.310 e. The Kier molecular flexibility index (Phi) is 3.94. The van der Waals surface area contributed by atoms with Gasteiger partial charge in [0.15, 0.2) is 0 Å². The van der Waals surface area contributed by atoms with E-state index in [0.29, 0.717) is 6.04 Å². The maximum atomic E-state index is 12.8. The molecule has 16 heavy (non-hydrogen) atoms. The molecule has 1 aliphatic rings. The average molecular weight is 221 g/mol. The van der Waals surface area contributed by atoms with Crippen molar-refractivity contribution in [3.63, 3.8) is 0 Å². The minimum Gasteiger partial charge on any atom is -0.310 e. The molecule has 1 aliphatic carbocycles. The van der Waals surface area contributed by atoms with Crippen molar-refractivity contribution in [2.24, 2.45) is 5.92 Å². The van der Waals surface area contributed by atoms with Gasteiger partial charge in [0.1, 0.15) is 5.82 Å². The maximum Gasteiger partial charge on any atom is 0.123 e. The van der Waals surface area contributed by atoms with Gasteiger partial charge < -0.3 is 5.32 Å². The van der Waals surface area contributed by atoms with Crippen molar-refractivity contribution in [2.75, 3.05) is 6.54 Å². The van der Waals surface area contributed by atoms with Gasteiger partial charge >= 0.3 is 0 Å². The molecule has 1 nitrogen and oxygen atoms in total. The zero-order valence-electron chi connectivity index (χ0n) is 9.88. The van der Waals surface area contributed by atoms with Crippen LogP contribution in [0.3, 0.4) is 0 Å². The third-order valence-corrected chi connectivity index (χ3v) is 3.56. The van der Waals surface area contributed by atoms with Crippen LogP contribution in [0.5, 0.6) is 0 Å². The molecule has 1 aromatic carbocycles. The minimum atomic E-state index is -0.160. The number of nitrogens with one attached hydrogen (secondary N) is 1. The van der Waals surface area contributed by atoms with Crippen molar-refractivity contribution in [3.05, 3.63) is 35.6 Å². The van der Waals surface area contributed by atoms with Crippen LogP contribution in [0.1, 0.15) is 44.2 Å².